The van der Waals surface area contributed by atoms with Crippen LogP contribution in [0.5, 0.6) is 5.75 Å². The first-order valence-electron chi connectivity index (χ1n) is 7.08. The summed E-state index contributed by atoms with van der Waals surface area (Å²) in [4.78, 5) is 0. The highest BCUT2D eigenvalue weighted by Gasteiger charge is 2.54. The number of rotatable bonds is 3. The predicted molar refractivity (Wildman–Crippen MR) is 73.1 cm³/mol. The van der Waals surface area contributed by atoms with E-state index in [4.69, 9.17) is 9.47 Å². The van der Waals surface area contributed by atoms with Crippen molar-refractivity contribution in [3.05, 3.63) is 29.8 Å². The maximum atomic E-state index is 10.7. The van der Waals surface area contributed by atoms with E-state index in [0.717, 1.165) is 37.9 Å². The molecule has 0 aliphatic carbocycles. The van der Waals surface area contributed by atoms with Crippen LogP contribution < -0.4 is 4.74 Å². The molecule has 1 aromatic rings. The number of benzene rings is 1. The van der Waals surface area contributed by atoms with E-state index in [1.165, 1.54) is 5.56 Å². The summed E-state index contributed by atoms with van der Waals surface area (Å²) in [5, 5.41) is 10.7. The molecule has 104 valence electrons. The van der Waals surface area contributed by atoms with Crippen molar-refractivity contribution in [2.24, 2.45) is 5.92 Å². The van der Waals surface area contributed by atoms with Gasteiger partial charge < -0.3 is 14.6 Å². The Morgan fingerprint density at radius 3 is 2.68 bits per heavy atom. The minimum atomic E-state index is -0.910. The smallest absolute Gasteiger partial charge is 0.169 e. The summed E-state index contributed by atoms with van der Waals surface area (Å²) >= 11 is 0. The molecule has 2 aliphatic rings. The third kappa shape index (κ3) is 2.37. The van der Waals surface area contributed by atoms with Crippen molar-refractivity contribution >= 4 is 0 Å². The van der Waals surface area contributed by atoms with Crippen LogP contribution in [0.1, 0.15) is 38.2 Å². The van der Waals surface area contributed by atoms with Gasteiger partial charge in [0.15, 0.2) is 5.79 Å². The summed E-state index contributed by atoms with van der Waals surface area (Å²) in [6, 6.07) is 8.10. The highest BCUT2D eigenvalue weighted by molar-refractivity contribution is 5.27. The average molecular weight is 262 g/mol. The van der Waals surface area contributed by atoms with E-state index in [1.807, 2.05) is 12.1 Å². The Labute approximate surface area is 114 Å². The van der Waals surface area contributed by atoms with Gasteiger partial charge in [-0.1, -0.05) is 12.1 Å². The Kier molecular flexibility index (Phi) is 3.06. The number of ether oxygens (including phenoxy) is 2. The molecule has 2 aliphatic heterocycles. The van der Waals surface area contributed by atoms with E-state index < -0.39 is 5.79 Å². The van der Waals surface area contributed by atoms with Crippen molar-refractivity contribution in [3.8, 4) is 5.75 Å². The third-order valence-electron chi connectivity index (χ3n) is 4.62. The van der Waals surface area contributed by atoms with E-state index in [0.29, 0.717) is 0 Å². The fourth-order valence-corrected chi connectivity index (χ4v) is 3.63. The lowest BCUT2D eigenvalue weighted by Crippen LogP contribution is -2.41. The molecule has 0 radical (unpaired) electrons. The van der Waals surface area contributed by atoms with Gasteiger partial charge in [-0.25, -0.2) is 0 Å². The average Bonchev–Trinajstić information content (AvgIpc) is 2.55. The minimum absolute atomic E-state index is 0.121. The summed E-state index contributed by atoms with van der Waals surface area (Å²) in [5.41, 5.74) is 1.11. The first-order valence-corrected chi connectivity index (χ1v) is 7.08. The number of hydrogen-bond acceptors (Lipinski definition) is 3. The normalized spacial score (nSPS) is 37.3. The van der Waals surface area contributed by atoms with Crippen LogP contribution >= 0.6 is 0 Å². The Bertz CT molecular complexity index is 456. The molecule has 2 saturated heterocycles. The van der Waals surface area contributed by atoms with Crippen LogP contribution in [-0.2, 0) is 11.2 Å². The van der Waals surface area contributed by atoms with Gasteiger partial charge in [-0.2, -0.15) is 0 Å². The summed E-state index contributed by atoms with van der Waals surface area (Å²) < 4.78 is 11.1. The largest absolute Gasteiger partial charge is 0.497 e. The SMILES string of the molecule is COc1ccc(C[C@@H]2C[C@]3(C)CCC[C@@]2(O)O3)cc1. The molecule has 0 spiro atoms. The third-order valence-corrected chi connectivity index (χ3v) is 4.62. The molecule has 2 heterocycles. The predicted octanol–water partition coefficient (Wildman–Crippen LogP) is 2.91. The maximum Gasteiger partial charge on any atom is 0.169 e. The standard InChI is InChI=1S/C16H22O3/c1-15-8-3-9-16(17,19-15)13(11-15)10-12-4-6-14(18-2)7-5-12/h4-7,13,17H,3,8-11H2,1-2H3/t13-,15+,16-/m1/s1. The molecule has 0 amide bonds. The number of aliphatic hydroxyl groups is 1. The molecule has 3 rings (SSSR count). The number of hydrogen-bond donors (Lipinski definition) is 1. The molecule has 3 heteroatoms. The van der Waals surface area contributed by atoms with Gasteiger partial charge in [0.05, 0.1) is 12.7 Å². The van der Waals surface area contributed by atoms with Crippen molar-refractivity contribution < 1.29 is 14.6 Å². The molecule has 0 saturated carbocycles. The van der Waals surface area contributed by atoms with Crippen molar-refractivity contribution in [2.45, 2.75) is 50.4 Å². The van der Waals surface area contributed by atoms with E-state index in [9.17, 15) is 5.11 Å². The van der Waals surface area contributed by atoms with Gasteiger partial charge in [0.1, 0.15) is 5.75 Å². The van der Waals surface area contributed by atoms with Crippen LogP contribution in [0.3, 0.4) is 0 Å². The lowest BCUT2D eigenvalue weighted by Gasteiger charge is -2.36. The topological polar surface area (TPSA) is 38.7 Å². The van der Waals surface area contributed by atoms with Gasteiger partial charge in [0, 0.05) is 12.3 Å². The van der Waals surface area contributed by atoms with Crippen LogP contribution in [0.15, 0.2) is 24.3 Å². The van der Waals surface area contributed by atoms with Gasteiger partial charge in [0.25, 0.3) is 0 Å². The maximum absolute atomic E-state index is 10.7. The molecular formula is C16H22O3. The number of methoxy groups -OCH3 is 1. The Balaban J connectivity index is 1.75. The summed E-state index contributed by atoms with van der Waals surface area (Å²) in [6.45, 7) is 2.13. The van der Waals surface area contributed by atoms with Crippen LogP contribution in [0.4, 0.5) is 0 Å². The van der Waals surface area contributed by atoms with Crippen LogP contribution in [-0.4, -0.2) is 23.6 Å². The summed E-state index contributed by atoms with van der Waals surface area (Å²) in [6.07, 6.45) is 4.72. The zero-order valence-electron chi connectivity index (χ0n) is 11.7. The van der Waals surface area contributed by atoms with Gasteiger partial charge in [-0.15, -0.1) is 0 Å². The zero-order chi connectivity index (χ0) is 13.5. The second-order valence-electron chi connectivity index (χ2n) is 6.20. The van der Waals surface area contributed by atoms with Gasteiger partial charge in [0.2, 0.25) is 0 Å². The molecule has 2 fully saturated rings. The second kappa shape index (κ2) is 4.50. The van der Waals surface area contributed by atoms with E-state index >= 15 is 0 Å². The number of fused-ring (bicyclic) bond motifs is 2. The molecule has 1 N–H and O–H groups in total. The summed E-state index contributed by atoms with van der Waals surface area (Å²) in [7, 11) is 1.67. The van der Waals surface area contributed by atoms with Crippen LogP contribution in [0, 0.1) is 5.92 Å². The molecular weight excluding hydrogens is 240 g/mol. The van der Waals surface area contributed by atoms with Crippen LogP contribution in [0.2, 0.25) is 0 Å². The molecule has 1 aromatic carbocycles. The molecule has 0 unspecified atom stereocenters. The fraction of sp³-hybridized carbons (Fsp3) is 0.625. The molecule has 2 bridgehead atoms. The van der Waals surface area contributed by atoms with E-state index in [1.54, 1.807) is 7.11 Å². The zero-order valence-corrected chi connectivity index (χ0v) is 11.7. The minimum Gasteiger partial charge on any atom is -0.497 e. The Morgan fingerprint density at radius 2 is 2.05 bits per heavy atom. The lowest BCUT2D eigenvalue weighted by molar-refractivity contribution is -0.257. The molecule has 3 nitrogen and oxygen atoms in total. The quantitative estimate of drug-likeness (QED) is 0.910. The first kappa shape index (κ1) is 12.9. The van der Waals surface area contributed by atoms with Crippen molar-refractivity contribution in [1.29, 1.82) is 0 Å². The van der Waals surface area contributed by atoms with Gasteiger partial charge >= 0.3 is 0 Å². The second-order valence-corrected chi connectivity index (χ2v) is 6.20. The highest BCUT2D eigenvalue weighted by atomic mass is 16.6. The highest BCUT2D eigenvalue weighted by Crippen LogP contribution is 2.51. The van der Waals surface area contributed by atoms with Crippen molar-refractivity contribution in [2.75, 3.05) is 7.11 Å². The molecule has 0 aromatic heterocycles. The van der Waals surface area contributed by atoms with Crippen LogP contribution in [0.25, 0.3) is 0 Å². The molecule has 19 heavy (non-hydrogen) atoms. The first-order chi connectivity index (χ1) is 9.03. The van der Waals surface area contributed by atoms with E-state index in [-0.39, 0.29) is 11.5 Å². The Morgan fingerprint density at radius 1 is 1.32 bits per heavy atom. The fourth-order valence-electron chi connectivity index (χ4n) is 3.63. The van der Waals surface area contributed by atoms with Crippen molar-refractivity contribution in [1.82, 2.24) is 0 Å². The Hall–Kier alpha value is -1.06. The lowest BCUT2D eigenvalue weighted by atomic mass is 9.87. The monoisotopic (exact) mass is 262 g/mol. The molecule has 3 atom stereocenters. The summed E-state index contributed by atoms with van der Waals surface area (Å²) in [5.74, 6) is 0.164. The van der Waals surface area contributed by atoms with E-state index in [2.05, 4.69) is 19.1 Å². The van der Waals surface area contributed by atoms with Gasteiger partial charge in [-0.05, 0) is 50.3 Å². The van der Waals surface area contributed by atoms with Crippen molar-refractivity contribution in [3.63, 3.8) is 0 Å². The van der Waals surface area contributed by atoms with Gasteiger partial charge in [-0.3, -0.25) is 0 Å².